The van der Waals surface area contributed by atoms with Crippen molar-refractivity contribution in [2.45, 2.75) is 43.8 Å². The molecule has 1 aliphatic carbocycles. The molecule has 7 nitrogen and oxygen atoms in total. The number of rotatable bonds is 8. The Morgan fingerprint density at radius 3 is 2.94 bits per heavy atom. The fraction of sp³-hybridized carbons (Fsp3) is 0.333. The number of para-hydroxylation sites is 1. The molecule has 1 aliphatic rings. The largest absolute Gasteiger partial charge is 0.496 e. The average Bonchev–Trinajstić information content (AvgIpc) is 3.29. The summed E-state index contributed by atoms with van der Waals surface area (Å²) >= 11 is 2.85. The van der Waals surface area contributed by atoms with Gasteiger partial charge in [-0.1, -0.05) is 36.4 Å². The number of aryl methyl sites for hydroxylation is 1. The molecule has 0 saturated heterocycles. The molecule has 2 heterocycles. The number of nitrogens with one attached hydrogen (secondary N) is 1. The van der Waals surface area contributed by atoms with Crippen LogP contribution in [0.3, 0.4) is 0 Å². The second-order valence-electron chi connectivity index (χ2n) is 7.62. The molecule has 1 N–H and O–H groups in total. The lowest BCUT2D eigenvalue weighted by Crippen LogP contribution is -2.14. The molecule has 33 heavy (non-hydrogen) atoms. The van der Waals surface area contributed by atoms with E-state index in [1.807, 2.05) is 28.8 Å². The fourth-order valence-corrected chi connectivity index (χ4v) is 5.96. The summed E-state index contributed by atoms with van der Waals surface area (Å²) in [4.78, 5) is 14.0. The molecule has 4 rings (SSSR count). The third-order valence-corrected chi connectivity index (χ3v) is 7.67. The highest BCUT2D eigenvalue weighted by Gasteiger charge is 2.22. The molecule has 0 fully saturated rings. The summed E-state index contributed by atoms with van der Waals surface area (Å²) in [7, 11) is 1.62. The van der Waals surface area contributed by atoms with E-state index in [0.717, 1.165) is 36.8 Å². The van der Waals surface area contributed by atoms with Gasteiger partial charge in [-0.15, -0.1) is 28.1 Å². The Morgan fingerprint density at radius 1 is 1.33 bits per heavy atom. The van der Waals surface area contributed by atoms with Crippen molar-refractivity contribution >= 4 is 34.0 Å². The van der Waals surface area contributed by atoms with Crippen molar-refractivity contribution in [1.29, 1.82) is 5.26 Å². The van der Waals surface area contributed by atoms with Crippen molar-refractivity contribution in [1.82, 2.24) is 14.8 Å². The molecule has 170 valence electrons. The number of anilines is 1. The molecule has 0 aliphatic heterocycles. The quantitative estimate of drug-likeness (QED) is 0.275. The Hall–Kier alpha value is -3.09. The van der Waals surface area contributed by atoms with Crippen LogP contribution in [0.15, 0.2) is 42.1 Å². The number of nitriles is 1. The van der Waals surface area contributed by atoms with Crippen molar-refractivity contribution in [3.05, 3.63) is 52.9 Å². The maximum Gasteiger partial charge on any atom is 0.235 e. The van der Waals surface area contributed by atoms with Gasteiger partial charge in [-0.2, -0.15) is 5.26 Å². The third kappa shape index (κ3) is 4.97. The van der Waals surface area contributed by atoms with E-state index >= 15 is 0 Å². The topological polar surface area (TPSA) is 92.8 Å². The second kappa shape index (κ2) is 10.7. The Bertz CT molecular complexity index is 1210. The number of amides is 1. The van der Waals surface area contributed by atoms with Gasteiger partial charge < -0.3 is 10.1 Å². The highest BCUT2D eigenvalue weighted by molar-refractivity contribution is 7.99. The first-order valence-electron chi connectivity index (χ1n) is 10.8. The van der Waals surface area contributed by atoms with E-state index in [9.17, 15) is 10.1 Å². The molecule has 2 aromatic heterocycles. The Kier molecular flexibility index (Phi) is 7.47. The summed E-state index contributed by atoms with van der Waals surface area (Å²) in [5.41, 5.74) is 2.57. The van der Waals surface area contributed by atoms with Gasteiger partial charge in [0.2, 0.25) is 5.91 Å². The zero-order chi connectivity index (χ0) is 23.2. The number of ether oxygens (including phenoxy) is 1. The predicted octanol–water partition coefficient (Wildman–Crippen LogP) is 5.07. The summed E-state index contributed by atoms with van der Waals surface area (Å²) in [5.74, 6) is 1.35. The van der Waals surface area contributed by atoms with Gasteiger partial charge in [-0.3, -0.25) is 9.36 Å². The van der Waals surface area contributed by atoms with Gasteiger partial charge in [0, 0.05) is 11.4 Å². The van der Waals surface area contributed by atoms with Gasteiger partial charge in [0.15, 0.2) is 11.0 Å². The van der Waals surface area contributed by atoms with Crippen LogP contribution in [0.25, 0.3) is 11.4 Å². The first-order chi connectivity index (χ1) is 16.2. The number of fused-ring (bicyclic) bond motifs is 1. The monoisotopic (exact) mass is 479 g/mol. The van der Waals surface area contributed by atoms with E-state index in [1.165, 1.54) is 23.1 Å². The van der Waals surface area contributed by atoms with Gasteiger partial charge in [-0.05, 0) is 43.4 Å². The minimum absolute atomic E-state index is 0.161. The number of hydrogen-bond donors (Lipinski definition) is 1. The van der Waals surface area contributed by atoms with Crippen LogP contribution in [0.2, 0.25) is 0 Å². The van der Waals surface area contributed by atoms with E-state index in [-0.39, 0.29) is 11.7 Å². The van der Waals surface area contributed by atoms with Crippen LogP contribution in [0.5, 0.6) is 5.75 Å². The molecule has 3 aromatic rings. The van der Waals surface area contributed by atoms with Gasteiger partial charge in [-0.25, -0.2) is 0 Å². The zero-order valence-electron chi connectivity index (χ0n) is 18.5. The molecule has 0 spiro atoms. The number of carbonyl (C=O) groups excluding carboxylic acids is 1. The smallest absolute Gasteiger partial charge is 0.235 e. The van der Waals surface area contributed by atoms with Crippen LogP contribution in [0.4, 0.5) is 5.00 Å². The number of allylic oxidation sites excluding steroid dienone is 1. The van der Waals surface area contributed by atoms with Crippen LogP contribution in [-0.2, 0) is 24.2 Å². The van der Waals surface area contributed by atoms with Gasteiger partial charge in [0.05, 0.1) is 24.0 Å². The first-order valence-corrected chi connectivity index (χ1v) is 12.6. The Balaban J connectivity index is 1.50. The predicted molar refractivity (Wildman–Crippen MR) is 132 cm³/mol. The zero-order valence-corrected chi connectivity index (χ0v) is 20.1. The maximum atomic E-state index is 12.7. The fourth-order valence-electron chi connectivity index (χ4n) is 3.96. The van der Waals surface area contributed by atoms with E-state index in [4.69, 9.17) is 4.74 Å². The second-order valence-corrected chi connectivity index (χ2v) is 9.67. The third-order valence-electron chi connectivity index (χ3n) is 5.49. The Morgan fingerprint density at radius 2 is 2.15 bits per heavy atom. The maximum absolute atomic E-state index is 12.7. The summed E-state index contributed by atoms with van der Waals surface area (Å²) in [6.45, 7) is 4.34. The van der Waals surface area contributed by atoms with Crippen molar-refractivity contribution < 1.29 is 9.53 Å². The molecule has 0 unspecified atom stereocenters. The van der Waals surface area contributed by atoms with E-state index in [0.29, 0.717) is 33.8 Å². The number of nitrogens with zero attached hydrogens (tertiary/aromatic N) is 4. The van der Waals surface area contributed by atoms with E-state index in [1.54, 1.807) is 24.5 Å². The van der Waals surface area contributed by atoms with Crippen LogP contribution in [0, 0.1) is 11.3 Å². The molecule has 0 radical (unpaired) electrons. The van der Waals surface area contributed by atoms with Crippen LogP contribution >= 0.6 is 23.1 Å². The molecule has 9 heteroatoms. The van der Waals surface area contributed by atoms with Crippen LogP contribution in [0.1, 0.15) is 35.3 Å². The molecule has 0 atom stereocenters. The van der Waals surface area contributed by atoms with Crippen LogP contribution in [-0.4, -0.2) is 33.5 Å². The van der Waals surface area contributed by atoms with Gasteiger partial charge in [0.25, 0.3) is 0 Å². The number of carbonyl (C=O) groups is 1. The normalized spacial score (nSPS) is 13.0. The molecule has 1 aromatic carbocycles. The van der Waals surface area contributed by atoms with Crippen molar-refractivity contribution in [3.8, 4) is 23.2 Å². The summed E-state index contributed by atoms with van der Waals surface area (Å²) in [6.07, 6.45) is 7.08. The van der Waals surface area contributed by atoms with Gasteiger partial charge >= 0.3 is 0 Å². The number of aromatic nitrogens is 3. The summed E-state index contributed by atoms with van der Waals surface area (Å²) in [5, 5.41) is 22.6. The highest BCUT2D eigenvalue weighted by atomic mass is 32.2. The summed E-state index contributed by atoms with van der Waals surface area (Å²) < 4.78 is 7.38. The van der Waals surface area contributed by atoms with Crippen molar-refractivity contribution in [3.63, 3.8) is 0 Å². The Labute approximate surface area is 201 Å². The van der Waals surface area contributed by atoms with Crippen LogP contribution < -0.4 is 10.1 Å². The number of methoxy groups -OCH3 is 1. The lowest BCUT2D eigenvalue weighted by atomic mass is 10.1. The first kappa shape index (κ1) is 23.1. The van der Waals surface area contributed by atoms with E-state index < -0.39 is 0 Å². The molecule has 1 amide bonds. The average molecular weight is 480 g/mol. The van der Waals surface area contributed by atoms with E-state index in [2.05, 4.69) is 28.2 Å². The van der Waals surface area contributed by atoms with Crippen molar-refractivity contribution in [2.75, 3.05) is 18.2 Å². The number of hydrogen-bond acceptors (Lipinski definition) is 7. The molecule has 0 bridgehead atoms. The lowest BCUT2D eigenvalue weighted by Gasteiger charge is -2.10. The van der Waals surface area contributed by atoms with Gasteiger partial charge in [0.1, 0.15) is 16.8 Å². The molecular weight excluding hydrogens is 454 g/mol. The SMILES string of the molecule is C=CCn1c(SCC(=O)Nc2sc3c(c2C#N)CCCCC3)nnc1-c1ccccc1OC. The minimum Gasteiger partial charge on any atom is -0.496 e. The highest BCUT2D eigenvalue weighted by Crippen LogP contribution is 2.37. The number of benzene rings is 1. The standard InChI is InChI=1S/C24H25N5O2S2/c1-3-13-29-22(17-10-7-8-11-19(17)31-2)27-28-24(29)32-15-21(30)26-23-18(14-25)16-9-5-4-6-12-20(16)33-23/h3,7-8,10-11H,1,4-6,9,12-13,15H2,2H3,(H,26,30). The molecular formula is C24H25N5O2S2. The number of thiophene rings is 1. The number of thioether (sulfide) groups is 1. The summed E-state index contributed by atoms with van der Waals surface area (Å²) in [6, 6.07) is 9.92. The molecule has 0 saturated carbocycles. The van der Waals surface area contributed by atoms with Crippen molar-refractivity contribution in [2.24, 2.45) is 0 Å². The lowest BCUT2D eigenvalue weighted by molar-refractivity contribution is -0.113. The minimum atomic E-state index is -0.167.